The number of carbonyl (C=O) groups is 10. The van der Waals surface area contributed by atoms with Crippen LogP contribution in [0.2, 0.25) is 0 Å². The Hall–Kier alpha value is -6.95. The zero-order valence-electron chi connectivity index (χ0n) is 43.4. The first-order valence-electron chi connectivity index (χ1n) is 26.3. The summed E-state index contributed by atoms with van der Waals surface area (Å²) in [4.78, 5) is 147. The van der Waals surface area contributed by atoms with Gasteiger partial charge in [0.2, 0.25) is 11.8 Å². The van der Waals surface area contributed by atoms with Gasteiger partial charge in [-0.25, -0.2) is 4.98 Å². The van der Waals surface area contributed by atoms with E-state index in [1.807, 2.05) is 44.3 Å². The third kappa shape index (κ3) is 18.4. The predicted molar refractivity (Wildman–Crippen MR) is 279 cm³/mol. The lowest BCUT2D eigenvalue weighted by molar-refractivity contribution is -0.145. The molecule has 0 bridgehead atoms. The number of imidazole rings is 1. The number of H-pyrrole nitrogens is 2. The number of hydrogen-bond acceptors (Lipinski definition) is 12. The molecular weight excluding hydrogens is 961 g/mol. The van der Waals surface area contributed by atoms with Crippen molar-refractivity contribution in [1.82, 2.24) is 25.2 Å². The Labute approximate surface area is 437 Å². The van der Waals surface area contributed by atoms with Crippen LogP contribution in [0.15, 0.2) is 73.3 Å². The summed E-state index contributed by atoms with van der Waals surface area (Å²) in [6.07, 6.45) is 4.56. The molecular formula is C57H74N6O12. The molecule has 3 heterocycles. The number of hydrogen-bond donors (Lipinski definition) is 6. The number of nitrogens with one attached hydrogen (secondary N) is 3. The maximum Gasteiger partial charge on any atom is 0.307 e. The molecule has 75 heavy (non-hydrogen) atoms. The Morgan fingerprint density at radius 1 is 0.747 bits per heavy atom. The molecule has 7 N–H and O–H groups in total. The van der Waals surface area contributed by atoms with Crippen molar-refractivity contribution in [3.05, 3.63) is 90.1 Å². The Bertz CT molecular complexity index is 2610. The number of unbranched alkanes of at least 4 members (excludes halogenated alkanes) is 1. The fraction of sp³-hybridized carbons (Fsp3) is 0.526. The number of aromatic nitrogens is 3. The van der Waals surface area contributed by atoms with Crippen LogP contribution in [0.25, 0.3) is 10.9 Å². The van der Waals surface area contributed by atoms with Gasteiger partial charge in [0, 0.05) is 105 Å². The molecule has 0 spiro atoms. The van der Waals surface area contributed by atoms with Crippen LogP contribution in [0, 0.1) is 35.5 Å². The molecule has 1 fully saturated rings. The van der Waals surface area contributed by atoms with E-state index in [4.69, 9.17) is 5.73 Å². The second-order valence-electron chi connectivity index (χ2n) is 20.7. The summed E-state index contributed by atoms with van der Waals surface area (Å²) >= 11 is 0. The topological polar surface area (TPSA) is 297 Å². The van der Waals surface area contributed by atoms with Gasteiger partial charge in [-0.2, -0.15) is 0 Å². The van der Waals surface area contributed by atoms with E-state index in [9.17, 15) is 58.2 Å². The number of aromatic amines is 2. The number of carboxylic acids is 2. The summed E-state index contributed by atoms with van der Waals surface area (Å²) in [7, 11) is 0. The smallest absolute Gasteiger partial charge is 0.307 e. The molecule has 1 aliphatic rings. The molecule has 5 rings (SSSR count). The van der Waals surface area contributed by atoms with Gasteiger partial charge in [-0.05, 0) is 81.5 Å². The molecule has 18 nitrogen and oxygen atoms in total. The largest absolute Gasteiger partial charge is 0.481 e. The Morgan fingerprint density at radius 2 is 1.45 bits per heavy atom. The highest BCUT2D eigenvalue weighted by atomic mass is 16.4. The van der Waals surface area contributed by atoms with Crippen LogP contribution < -0.4 is 11.1 Å². The molecule has 1 saturated heterocycles. The summed E-state index contributed by atoms with van der Waals surface area (Å²) in [6.45, 7) is 5.70. The summed E-state index contributed by atoms with van der Waals surface area (Å²) < 4.78 is 0. The van der Waals surface area contributed by atoms with Crippen molar-refractivity contribution in [3.63, 3.8) is 0 Å². The number of carbonyl (C=O) groups excluding carboxylic acids is 8. The molecule has 2 aromatic carbocycles. The monoisotopic (exact) mass is 1030 g/mol. The number of rotatable bonds is 35. The zero-order chi connectivity index (χ0) is 54.6. The maximum absolute atomic E-state index is 14.5. The second-order valence-corrected chi connectivity index (χ2v) is 20.7. The van der Waals surface area contributed by atoms with E-state index in [-0.39, 0.29) is 88.2 Å². The van der Waals surface area contributed by atoms with Crippen molar-refractivity contribution < 1.29 is 58.2 Å². The third-order valence-corrected chi connectivity index (χ3v) is 14.2. The van der Waals surface area contributed by atoms with Crippen molar-refractivity contribution in [2.75, 3.05) is 13.1 Å². The number of fused-ring (bicyclic) bond motifs is 1. The molecule has 7 atom stereocenters. The zero-order valence-corrected chi connectivity index (χ0v) is 43.4. The number of para-hydroxylation sites is 1. The van der Waals surface area contributed by atoms with Crippen molar-refractivity contribution in [2.45, 2.75) is 142 Å². The predicted octanol–water partition coefficient (Wildman–Crippen LogP) is 6.38. The first-order chi connectivity index (χ1) is 35.8. The van der Waals surface area contributed by atoms with Gasteiger partial charge in [0.25, 0.3) is 0 Å². The van der Waals surface area contributed by atoms with Gasteiger partial charge >= 0.3 is 11.9 Å². The molecule has 0 saturated carbocycles. The van der Waals surface area contributed by atoms with Gasteiger partial charge in [0.1, 0.15) is 23.1 Å². The van der Waals surface area contributed by atoms with Crippen molar-refractivity contribution in [2.24, 2.45) is 41.2 Å². The van der Waals surface area contributed by atoms with Crippen LogP contribution in [0.5, 0.6) is 0 Å². The summed E-state index contributed by atoms with van der Waals surface area (Å²) in [6, 6.07) is 14.5. The van der Waals surface area contributed by atoms with Crippen molar-refractivity contribution in [3.8, 4) is 0 Å². The SMILES string of the molecule is CC(=O)CC(Cc1c[nH]c2ccccc12)C(=O)NC(CC(C)C)C(=O)CCC(=O)CC(Cc1cnc[nH]1)C(=O)N1CCCC1C(=O)CC(CC(=O)O)C(=O)CC(CCCCN)C(=O)CC(Cc1ccccc1)C(=O)O. The highest BCUT2D eigenvalue weighted by molar-refractivity contribution is 5.98. The highest BCUT2D eigenvalue weighted by Gasteiger charge is 2.40. The lowest BCUT2D eigenvalue weighted by atomic mass is 9.81. The molecule has 1 aliphatic heterocycles. The Morgan fingerprint density at radius 3 is 2.12 bits per heavy atom. The van der Waals surface area contributed by atoms with Crippen LogP contribution in [0.3, 0.4) is 0 Å². The molecule has 7 unspecified atom stereocenters. The lowest BCUT2D eigenvalue weighted by Gasteiger charge is -2.29. The van der Waals surface area contributed by atoms with E-state index in [1.54, 1.807) is 30.3 Å². The van der Waals surface area contributed by atoms with E-state index in [0.29, 0.717) is 37.9 Å². The van der Waals surface area contributed by atoms with E-state index < -0.39 is 108 Å². The summed E-state index contributed by atoms with van der Waals surface area (Å²) in [5.74, 6) is -11.1. The van der Waals surface area contributed by atoms with Gasteiger partial charge in [-0.3, -0.25) is 43.2 Å². The van der Waals surface area contributed by atoms with Crippen LogP contribution in [-0.4, -0.2) is 114 Å². The van der Waals surface area contributed by atoms with Crippen molar-refractivity contribution in [1.29, 1.82) is 0 Å². The first kappa shape index (κ1) is 58.9. The fourth-order valence-corrected chi connectivity index (χ4v) is 10.3. The van der Waals surface area contributed by atoms with E-state index in [1.165, 1.54) is 24.3 Å². The third-order valence-electron chi connectivity index (χ3n) is 14.2. The molecule has 18 heteroatoms. The van der Waals surface area contributed by atoms with Crippen LogP contribution in [-0.2, 0) is 67.2 Å². The minimum atomic E-state index is -1.34. The number of nitrogens with zero attached hydrogens (tertiary/aromatic N) is 2. The fourth-order valence-electron chi connectivity index (χ4n) is 10.3. The van der Waals surface area contributed by atoms with E-state index >= 15 is 0 Å². The Kier molecular flexibility index (Phi) is 23.0. The number of likely N-dealkylation sites (tertiary alicyclic amines) is 1. The quantitative estimate of drug-likeness (QED) is 0.0273. The van der Waals surface area contributed by atoms with Gasteiger partial charge < -0.3 is 40.9 Å². The second kappa shape index (κ2) is 29.2. The number of nitrogens with two attached hydrogens (primary N) is 1. The van der Waals surface area contributed by atoms with E-state index in [0.717, 1.165) is 22.0 Å². The molecule has 404 valence electrons. The summed E-state index contributed by atoms with van der Waals surface area (Å²) in [5, 5.41) is 23.8. The standard InChI is InChI=1S/C57H74N6O12/c1-35(2)22-48(62-55(72)40(23-36(3)64)25-43-32-60-47-16-8-7-15-46(43)47)50(66)19-18-45(65)27-41(26-44-33-59-34-61-44)56(73)63-21-11-17-49(63)53(69)29-39(31-54(70)71)52(68)28-38(14-9-10-20-58)51(67)30-42(57(74)75)24-37-12-5-4-6-13-37/h4-8,12-13,15-16,32-35,38-42,48-49,60H,9-11,14,17-31,58H2,1-3H3,(H,59,61)(H,62,72)(H,70,71)(H,74,75). The lowest BCUT2D eigenvalue weighted by Crippen LogP contribution is -2.45. The number of aliphatic carboxylic acids is 2. The average molecular weight is 1040 g/mol. The Balaban J connectivity index is 1.25. The minimum absolute atomic E-state index is 0.0126. The molecule has 0 aliphatic carbocycles. The molecule has 2 aromatic heterocycles. The van der Waals surface area contributed by atoms with Crippen molar-refractivity contribution >= 4 is 69.4 Å². The average Bonchev–Trinajstić information content (AvgIpc) is 4.17. The van der Waals surface area contributed by atoms with Gasteiger partial charge in [0.05, 0.1) is 36.7 Å². The van der Waals surface area contributed by atoms with Crippen LogP contribution in [0.1, 0.15) is 127 Å². The normalized spacial score (nSPS) is 15.9. The molecule has 0 radical (unpaired) electrons. The van der Waals surface area contributed by atoms with Gasteiger partial charge in [0.15, 0.2) is 11.6 Å². The first-order valence-corrected chi connectivity index (χ1v) is 26.3. The summed E-state index contributed by atoms with van der Waals surface area (Å²) in [5.41, 5.74) is 8.74. The van der Waals surface area contributed by atoms with Gasteiger partial charge in [-0.15, -0.1) is 0 Å². The number of amides is 2. The molecule has 2 amide bonds. The minimum Gasteiger partial charge on any atom is -0.481 e. The number of carboxylic acid groups (broad SMARTS) is 2. The molecule has 4 aromatic rings. The van der Waals surface area contributed by atoms with Crippen LogP contribution >= 0.6 is 0 Å². The van der Waals surface area contributed by atoms with E-state index in [2.05, 4.69) is 20.3 Å². The van der Waals surface area contributed by atoms with Gasteiger partial charge in [-0.1, -0.05) is 68.8 Å². The number of Topliss-reactive ketones (excluding diaryl/α,β-unsaturated/α-hetero) is 6. The van der Waals surface area contributed by atoms with Crippen LogP contribution in [0.4, 0.5) is 0 Å². The number of ketones is 6. The number of benzene rings is 2. The maximum atomic E-state index is 14.5. The highest BCUT2D eigenvalue weighted by Crippen LogP contribution is 2.30.